The average Bonchev–Trinajstić information content (AvgIpc) is 3.39. The minimum Gasteiger partial charge on any atom is -0.494 e. The van der Waals surface area contributed by atoms with Crippen LogP contribution in [0.15, 0.2) is 29.4 Å². The van der Waals surface area contributed by atoms with E-state index in [0.717, 1.165) is 18.4 Å². The fraction of sp³-hybridized carbons (Fsp3) is 0.500. The molecule has 1 aromatic heterocycles. The Morgan fingerprint density at radius 2 is 1.97 bits per heavy atom. The molecule has 2 aromatic rings. The number of amides is 2. The summed E-state index contributed by atoms with van der Waals surface area (Å²) in [5.74, 6) is -0.478. The highest BCUT2D eigenvalue weighted by atomic mass is 19.1. The van der Waals surface area contributed by atoms with Gasteiger partial charge in [0.05, 0.1) is 19.4 Å². The first kappa shape index (κ1) is 26.5. The van der Waals surface area contributed by atoms with Crippen LogP contribution < -0.4 is 10.5 Å². The van der Waals surface area contributed by atoms with Gasteiger partial charge in [-0.15, -0.1) is 0 Å². The molecule has 3 N–H and O–H groups in total. The van der Waals surface area contributed by atoms with E-state index in [0.29, 0.717) is 36.5 Å². The van der Waals surface area contributed by atoms with E-state index in [2.05, 4.69) is 15.1 Å². The number of nitrogens with zero attached hydrogens (tertiary/aromatic N) is 4. The fourth-order valence-corrected chi connectivity index (χ4v) is 5.05. The molecule has 11 heteroatoms. The highest BCUT2D eigenvalue weighted by molar-refractivity contribution is 6.01. The predicted molar refractivity (Wildman–Crippen MR) is 132 cm³/mol. The summed E-state index contributed by atoms with van der Waals surface area (Å²) in [6, 6.07) is 6.04. The average molecular weight is 514 g/mol. The molecule has 4 rings (SSSR count). The van der Waals surface area contributed by atoms with E-state index in [1.807, 2.05) is 0 Å². The minimum atomic E-state index is -0.625. The third kappa shape index (κ3) is 6.22. The second-order valence-electron chi connectivity index (χ2n) is 9.50. The van der Waals surface area contributed by atoms with Crippen LogP contribution >= 0.6 is 0 Å². The SMILES string of the molecule is COc1cc(CN(CCO)C(=O)C2CCC(C3CC(c4cc(C(N)=O)nc(C)n4)=NO3)CC2)ccc1F. The summed E-state index contributed by atoms with van der Waals surface area (Å²) in [5, 5.41) is 13.7. The Bertz CT molecular complexity index is 1180. The number of carbonyl (C=O) groups is 2. The van der Waals surface area contributed by atoms with Gasteiger partial charge in [0.25, 0.3) is 5.91 Å². The number of rotatable bonds is 9. The second-order valence-corrected chi connectivity index (χ2v) is 9.50. The zero-order valence-electron chi connectivity index (χ0n) is 21.0. The molecule has 1 aliphatic carbocycles. The molecule has 1 atom stereocenters. The predicted octanol–water partition coefficient (Wildman–Crippen LogP) is 2.35. The van der Waals surface area contributed by atoms with E-state index in [-0.39, 0.29) is 55.0 Å². The summed E-state index contributed by atoms with van der Waals surface area (Å²) >= 11 is 0. The summed E-state index contributed by atoms with van der Waals surface area (Å²) in [5.41, 5.74) is 7.42. The molecular weight excluding hydrogens is 481 g/mol. The van der Waals surface area contributed by atoms with Crippen LogP contribution in [0.1, 0.15) is 59.7 Å². The zero-order chi connectivity index (χ0) is 26.5. The number of hydrogen-bond acceptors (Lipinski definition) is 8. The summed E-state index contributed by atoms with van der Waals surface area (Å²) in [6.45, 7) is 2.00. The van der Waals surface area contributed by atoms with Gasteiger partial charge in [0, 0.05) is 25.4 Å². The van der Waals surface area contributed by atoms with Gasteiger partial charge < -0.3 is 25.3 Å². The van der Waals surface area contributed by atoms with Gasteiger partial charge in [-0.25, -0.2) is 14.4 Å². The van der Waals surface area contributed by atoms with Crippen molar-refractivity contribution in [1.29, 1.82) is 0 Å². The standard InChI is InChI=1S/C26H32FN5O5/c1-15-29-20(12-22(30-15)25(28)34)21-13-23(37-31-21)17-4-6-18(7-5-17)26(35)32(9-10-33)14-16-3-8-19(27)24(11-16)36-2/h3,8,11-12,17-18,23,33H,4-7,9-10,13-14H2,1-2H3,(H2,28,34). The zero-order valence-corrected chi connectivity index (χ0v) is 21.0. The molecular formula is C26H32FN5O5. The highest BCUT2D eigenvalue weighted by Gasteiger charge is 2.36. The normalized spacial score (nSPS) is 21.2. The Kier molecular flexibility index (Phi) is 8.32. The van der Waals surface area contributed by atoms with Gasteiger partial charge in [-0.05, 0) is 62.3 Å². The highest BCUT2D eigenvalue weighted by Crippen LogP contribution is 2.36. The summed E-state index contributed by atoms with van der Waals surface area (Å²) in [7, 11) is 1.40. The molecule has 1 fully saturated rings. The van der Waals surface area contributed by atoms with Crippen LogP contribution in [0, 0.1) is 24.6 Å². The van der Waals surface area contributed by atoms with Crippen LogP contribution in [0.3, 0.4) is 0 Å². The number of primary amides is 1. The van der Waals surface area contributed by atoms with Crippen molar-refractivity contribution in [2.24, 2.45) is 22.7 Å². The van der Waals surface area contributed by atoms with Crippen LogP contribution in [0.4, 0.5) is 4.39 Å². The Labute approximate surface area is 214 Å². The first-order chi connectivity index (χ1) is 17.8. The van der Waals surface area contributed by atoms with Crippen molar-refractivity contribution < 1.29 is 28.7 Å². The van der Waals surface area contributed by atoms with E-state index >= 15 is 0 Å². The summed E-state index contributed by atoms with van der Waals surface area (Å²) in [6.07, 6.45) is 3.43. The molecule has 1 aliphatic heterocycles. The maximum Gasteiger partial charge on any atom is 0.267 e. The molecule has 0 bridgehead atoms. The molecule has 1 aromatic carbocycles. The van der Waals surface area contributed by atoms with Crippen molar-refractivity contribution >= 4 is 17.5 Å². The fourth-order valence-electron chi connectivity index (χ4n) is 5.05. The number of ether oxygens (including phenoxy) is 1. The van der Waals surface area contributed by atoms with Gasteiger partial charge in [0.15, 0.2) is 11.6 Å². The summed E-state index contributed by atoms with van der Waals surface area (Å²) in [4.78, 5) is 40.6. The van der Waals surface area contributed by atoms with Crippen LogP contribution in [0.25, 0.3) is 0 Å². The number of halogens is 1. The van der Waals surface area contributed by atoms with Crippen LogP contribution in [-0.4, -0.2) is 63.9 Å². The Morgan fingerprint density at radius 3 is 2.65 bits per heavy atom. The number of aromatic nitrogens is 2. The number of benzene rings is 1. The van der Waals surface area contributed by atoms with Crippen molar-refractivity contribution in [3.63, 3.8) is 0 Å². The van der Waals surface area contributed by atoms with E-state index in [1.54, 1.807) is 24.0 Å². The van der Waals surface area contributed by atoms with E-state index in [1.165, 1.54) is 19.2 Å². The van der Waals surface area contributed by atoms with Crippen LogP contribution in [0.2, 0.25) is 0 Å². The lowest BCUT2D eigenvalue weighted by Gasteiger charge is -2.33. The number of aryl methyl sites for hydroxylation is 1. The minimum absolute atomic E-state index is 0.0180. The molecule has 37 heavy (non-hydrogen) atoms. The molecule has 0 saturated heterocycles. The maximum absolute atomic E-state index is 13.8. The van der Waals surface area contributed by atoms with E-state index in [9.17, 15) is 19.1 Å². The van der Waals surface area contributed by atoms with Gasteiger partial charge in [0.2, 0.25) is 5.91 Å². The van der Waals surface area contributed by atoms with Gasteiger partial charge in [0.1, 0.15) is 23.3 Å². The lowest BCUT2D eigenvalue weighted by Crippen LogP contribution is -2.40. The molecule has 2 heterocycles. The topological polar surface area (TPSA) is 140 Å². The number of oxime groups is 1. The molecule has 2 aliphatic rings. The first-order valence-electron chi connectivity index (χ1n) is 12.4. The molecule has 10 nitrogen and oxygen atoms in total. The molecule has 2 amide bonds. The number of aliphatic hydroxyl groups excluding tert-OH is 1. The lowest BCUT2D eigenvalue weighted by molar-refractivity contribution is -0.138. The van der Waals surface area contributed by atoms with E-state index < -0.39 is 11.7 Å². The number of carbonyl (C=O) groups excluding carboxylic acids is 2. The second kappa shape index (κ2) is 11.6. The van der Waals surface area contributed by atoms with E-state index in [4.69, 9.17) is 15.3 Å². The van der Waals surface area contributed by atoms with Crippen molar-refractivity contribution in [3.8, 4) is 5.75 Å². The van der Waals surface area contributed by atoms with Gasteiger partial charge in [-0.1, -0.05) is 11.2 Å². The quantitative estimate of drug-likeness (QED) is 0.524. The van der Waals surface area contributed by atoms with Crippen molar-refractivity contribution in [1.82, 2.24) is 14.9 Å². The van der Waals surface area contributed by atoms with Crippen LogP contribution in [-0.2, 0) is 16.2 Å². The Balaban J connectivity index is 1.34. The largest absolute Gasteiger partial charge is 0.494 e. The number of nitrogens with two attached hydrogens (primary N) is 1. The number of hydrogen-bond donors (Lipinski definition) is 2. The molecule has 1 unspecified atom stereocenters. The van der Waals surface area contributed by atoms with Crippen molar-refractivity contribution in [2.45, 2.75) is 51.7 Å². The maximum atomic E-state index is 13.8. The monoisotopic (exact) mass is 513 g/mol. The van der Waals surface area contributed by atoms with Gasteiger partial charge in [-0.3, -0.25) is 9.59 Å². The van der Waals surface area contributed by atoms with Gasteiger partial charge in [-0.2, -0.15) is 0 Å². The Hall–Kier alpha value is -3.60. The number of aliphatic hydroxyl groups is 1. The van der Waals surface area contributed by atoms with Crippen LogP contribution in [0.5, 0.6) is 5.75 Å². The third-order valence-corrected chi connectivity index (χ3v) is 7.00. The molecule has 0 radical (unpaired) electrons. The van der Waals surface area contributed by atoms with Crippen molar-refractivity contribution in [3.05, 3.63) is 52.9 Å². The molecule has 0 spiro atoms. The Morgan fingerprint density at radius 1 is 1.22 bits per heavy atom. The van der Waals surface area contributed by atoms with Crippen molar-refractivity contribution in [2.75, 3.05) is 20.3 Å². The third-order valence-electron chi connectivity index (χ3n) is 7.00. The summed E-state index contributed by atoms with van der Waals surface area (Å²) < 4.78 is 18.8. The molecule has 198 valence electrons. The van der Waals surface area contributed by atoms with Gasteiger partial charge >= 0.3 is 0 Å². The first-order valence-corrected chi connectivity index (χ1v) is 12.4. The number of methoxy groups -OCH3 is 1. The smallest absolute Gasteiger partial charge is 0.267 e. The molecule has 1 saturated carbocycles. The lowest BCUT2D eigenvalue weighted by atomic mass is 9.77.